The molecule has 0 aromatic heterocycles. The van der Waals surface area contributed by atoms with E-state index in [0.717, 1.165) is 37.9 Å². The van der Waals surface area contributed by atoms with Gasteiger partial charge in [-0.2, -0.15) is 0 Å². The van der Waals surface area contributed by atoms with Crippen molar-refractivity contribution in [2.24, 2.45) is 5.92 Å². The van der Waals surface area contributed by atoms with Gasteiger partial charge in [-0.05, 0) is 31.3 Å². The zero-order chi connectivity index (χ0) is 8.10. The van der Waals surface area contributed by atoms with Crippen LogP contribution in [0.5, 0.6) is 0 Å². The number of ether oxygens (including phenoxy) is 1. The Morgan fingerprint density at radius 2 is 2.09 bits per heavy atom. The van der Waals surface area contributed by atoms with E-state index in [0.29, 0.717) is 5.92 Å². The Bertz CT molecular complexity index is 155. The van der Waals surface area contributed by atoms with Gasteiger partial charge in [-0.3, -0.25) is 4.79 Å². The summed E-state index contributed by atoms with van der Waals surface area (Å²) in [6.07, 6.45) is 5.08. The predicted octanol–water partition coefficient (Wildman–Crippen LogP) is 1.56. The zero-order valence-electron chi connectivity index (χ0n) is 6.88. The molecule has 0 N–H and O–H groups in total. The summed E-state index contributed by atoms with van der Waals surface area (Å²) in [5.41, 5.74) is 0.844. The summed E-state index contributed by atoms with van der Waals surface area (Å²) < 4.78 is 5.20. The molecular formula is C9H14O2. The Hall–Kier alpha value is -0.630. The van der Waals surface area contributed by atoms with E-state index in [-0.39, 0.29) is 0 Å². The fraction of sp³-hybridized carbons (Fsp3) is 0.667. The van der Waals surface area contributed by atoms with Crippen molar-refractivity contribution in [1.82, 2.24) is 0 Å². The molecule has 1 fully saturated rings. The van der Waals surface area contributed by atoms with Gasteiger partial charge < -0.3 is 4.74 Å². The second kappa shape index (κ2) is 4.29. The third-order valence-electron chi connectivity index (χ3n) is 1.95. The highest BCUT2D eigenvalue weighted by molar-refractivity contribution is 5.72. The van der Waals surface area contributed by atoms with Crippen LogP contribution in [-0.4, -0.2) is 19.5 Å². The Balaban J connectivity index is 2.40. The SMILES string of the molecule is C/C(C=O)=C\C1CCOCC1. The second-order valence-corrected chi connectivity index (χ2v) is 2.98. The molecule has 1 rings (SSSR count). The molecule has 0 radical (unpaired) electrons. The topological polar surface area (TPSA) is 26.3 Å². The number of hydrogen-bond donors (Lipinski definition) is 0. The standard InChI is InChI=1S/C9H14O2/c1-8(7-10)6-9-2-4-11-5-3-9/h6-7,9H,2-5H2,1H3/b8-6+. The highest BCUT2D eigenvalue weighted by Crippen LogP contribution is 2.16. The van der Waals surface area contributed by atoms with Crippen LogP contribution in [-0.2, 0) is 9.53 Å². The lowest BCUT2D eigenvalue weighted by Gasteiger charge is -2.18. The van der Waals surface area contributed by atoms with Gasteiger partial charge in [-0.25, -0.2) is 0 Å². The van der Waals surface area contributed by atoms with Crippen LogP contribution in [0.1, 0.15) is 19.8 Å². The largest absolute Gasteiger partial charge is 0.381 e. The van der Waals surface area contributed by atoms with Gasteiger partial charge in [0.25, 0.3) is 0 Å². The summed E-state index contributed by atoms with van der Waals surface area (Å²) in [6.45, 7) is 3.53. The van der Waals surface area contributed by atoms with Crippen LogP contribution in [0.4, 0.5) is 0 Å². The molecule has 0 saturated carbocycles. The van der Waals surface area contributed by atoms with Crippen LogP contribution in [0.25, 0.3) is 0 Å². The maximum Gasteiger partial charge on any atom is 0.145 e. The number of allylic oxidation sites excluding steroid dienone is 2. The molecule has 0 aromatic rings. The highest BCUT2D eigenvalue weighted by Gasteiger charge is 2.10. The molecule has 1 aliphatic rings. The number of rotatable bonds is 2. The van der Waals surface area contributed by atoms with E-state index in [1.807, 2.05) is 6.92 Å². The maximum atomic E-state index is 10.3. The maximum absolute atomic E-state index is 10.3. The molecule has 0 unspecified atom stereocenters. The lowest BCUT2D eigenvalue weighted by atomic mass is 9.98. The van der Waals surface area contributed by atoms with Gasteiger partial charge in [0, 0.05) is 13.2 Å². The molecule has 0 amide bonds. The van der Waals surface area contributed by atoms with Crippen LogP contribution in [0.2, 0.25) is 0 Å². The quantitative estimate of drug-likeness (QED) is 0.445. The Morgan fingerprint density at radius 3 is 2.64 bits per heavy atom. The number of hydrogen-bond acceptors (Lipinski definition) is 2. The summed E-state index contributed by atoms with van der Waals surface area (Å²) in [6, 6.07) is 0. The molecule has 0 aromatic carbocycles. The minimum atomic E-state index is 0.564. The van der Waals surface area contributed by atoms with Gasteiger partial charge in [0.05, 0.1) is 0 Å². The third kappa shape index (κ3) is 2.85. The van der Waals surface area contributed by atoms with Crippen molar-refractivity contribution >= 4 is 6.29 Å². The molecule has 0 aliphatic carbocycles. The van der Waals surface area contributed by atoms with Gasteiger partial charge in [0.2, 0.25) is 0 Å². The molecule has 2 heteroatoms. The summed E-state index contributed by atoms with van der Waals surface area (Å²) in [5, 5.41) is 0. The van der Waals surface area contributed by atoms with Crippen LogP contribution >= 0.6 is 0 Å². The molecule has 1 heterocycles. The third-order valence-corrected chi connectivity index (χ3v) is 1.95. The first-order chi connectivity index (χ1) is 5.33. The first-order valence-electron chi connectivity index (χ1n) is 4.04. The molecule has 1 aliphatic heterocycles. The van der Waals surface area contributed by atoms with E-state index in [1.54, 1.807) is 0 Å². The fourth-order valence-corrected chi connectivity index (χ4v) is 1.29. The molecule has 0 bridgehead atoms. The normalized spacial score (nSPS) is 21.7. The van der Waals surface area contributed by atoms with E-state index in [9.17, 15) is 4.79 Å². The second-order valence-electron chi connectivity index (χ2n) is 2.98. The lowest BCUT2D eigenvalue weighted by molar-refractivity contribution is -0.104. The predicted molar refractivity (Wildman–Crippen MR) is 43.4 cm³/mol. The average molecular weight is 154 g/mol. The lowest BCUT2D eigenvalue weighted by Crippen LogP contribution is -2.14. The van der Waals surface area contributed by atoms with Crippen LogP contribution < -0.4 is 0 Å². The van der Waals surface area contributed by atoms with Crippen molar-refractivity contribution in [3.05, 3.63) is 11.6 Å². The van der Waals surface area contributed by atoms with E-state index in [4.69, 9.17) is 4.74 Å². The highest BCUT2D eigenvalue weighted by atomic mass is 16.5. The molecular weight excluding hydrogens is 140 g/mol. The van der Waals surface area contributed by atoms with Crippen molar-refractivity contribution < 1.29 is 9.53 Å². The Kier molecular flexibility index (Phi) is 3.30. The molecule has 62 valence electrons. The monoisotopic (exact) mass is 154 g/mol. The minimum absolute atomic E-state index is 0.564. The fourth-order valence-electron chi connectivity index (χ4n) is 1.29. The number of carbonyl (C=O) groups excluding carboxylic acids is 1. The van der Waals surface area contributed by atoms with Crippen molar-refractivity contribution in [3.8, 4) is 0 Å². The summed E-state index contributed by atoms with van der Waals surface area (Å²) in [7, 11) is 0. The molecule has 1 saturated heterocycles. The van der Waals surface area contributed by atoms with Crippen LogP contribution in [0, 0.1) is 5.92 Å². The van der Waals surface area contributed by atoms with Crippen LogP contribution in [0.3, 0.4) is 0 Å². The molecule has 11 heavy (non-hydrogen) atoms. The van der Waals surface area contributed by atoms with E-state index < -0.39 is 0 Å². The average Bonchev–Trinajstić information content (AvgIpc) is 2.06. The van der Waals surface area contributed by atoms with E-state index in [1.165, 1.54) is 0 Å². The molecule has 0 atom stereocenters. The van der Waals surface area contributed by atoms with Gasteiger partial charge in [0.1, 0.15) is 6.29 Å². The summed E-state index contributed by atoms with van der Waals surface area (Å²) >= 11 is 0. The van der Waals surface area contributed by atoms with E-state index in [2.05, 4.69) is 6.08 Å². The van der Waals surface area contributed by atoms with E-state index >= 15 is 0 Å². The molecule has 0 spiro atoms. The van der Waals surface area contributed by atoms with Gasteiger partial charge in [-0.1, -0.05) is 6.08 Å². The summed E-state index contributed by atoms with van der Waals surface area (Å²) in [4.78, 5) is 10.3. The Morgan fingerprint density at radius 1 is 1.45 bits per heavy atom. The first kappa shape index (κ1) is 8.47. The smallest absolute Gasteiger partial charge is 0.145 e. The van der Waals surface area contributed by atoms with Crippen molar-refractivity contribution in [3.63, 3.8) is 0 Å². The Labute approximate surface area is 67.2 Å². The number of aldehydes is 1. The van der Waals surface area contributed by atoms with Gasteiger partial charge >= 0.3 is 0 Å². The van der Waals surface area contributed by atoms with Crippen molar-refractivity contribution in [2.75, 3.05) is 13.2 Å². The molecule has 2 nitrogen and oxygen atoms in total. The van der Waals surface area contributed by atoms with Gasteiger partial charge in [0.15, 0.2) is 0 Å². The van der Waals surface area contributed by atoms with Crippen LogP contribution in [0.15, 0.2) is 11.6 Å². The van der Waals surface area contributed by atoms with Gasteiger partial charge in [-0.15, -0.1) is 0 Å². The minimum Gasteiger partial charge on any atom is -0.381 e. The van der Waals surface area contributed by atoms with Crippen molar-refractivity contribution in [2.45, 2.75) is 19.8 Å². The summed E-state index contributed by atoms with van der Waals surface area (Å²) in [5.74, 6) is 0.564. The van der Waals surface area contributed by atoms with Crippen molar-refractivity contribution in [1.29, 1.82) is 0 Å². The zero-order valence-corrected chi connectivity index (χ0v) is 6.88. The number of carbonyl (C=O) groups is 1. The first-order valence-corrected chi connectivity index (χ1v) is 4.04.